The first kappa shape index (κ1) is 18.6. The van der Waals surface area contributed by atoms with Gasteiger partial charge in [0.05, 0.1) is 5.69 Å². The molecule has 0 fully saturated rings. The Hall–Kier alpha value is -1.22. The highest BCUT2D eigenvalue weighted by Crippen LogP contribution is 2.49. The van der Waals surface area contributed by atoms with E-state index in [9.17, 15) is 4.79 Å². The van der Waals surface area contributed by atoms with Gasteiger partial charge >= 0.3 is 5.69 Å². The van der Waals surface area contributed by atoms with E-state index in [1.54, 1.807) is 4.57 Å². The fourth-order valence-corrected chi connectivity index (χ4v) is 3.75. The molecule has 7 heteroatoms. The van der Waals surface area contributed by atoms with Crippen LogP contribution in [0.25, 0.3) is 11.8 Å². The lowest BCUT2D eigenvalue weighted by Crippen LogP contribution is -2.26. The number of nitrogens with zero attached hydrogens (tertiary/aromatic N) is 3. The lowest BCUT2D eigenvalue weighted by atomic mass is 10.1. The van der Waals surface area contributed by atoms with Gasteiger partial charge in [-0.15, -0.1) is 5.10 Å². The van der Waals surface area contributed by atoms with Crippen molar-refractivity contribution in [2.45, 2.75) is 32.7 Å². The van der Waals surface area contributed by atoms with Gasteiger partial charge in [-0.1, -0.05) is 36.4 Å². The summed E-state index contributed by atoms with van der Waals surface area (Å²) in [6, 6.07) is 3.74. The number of halogens is 2. The minimum Gasteiger partial charge on any atom is -0.279 e. The normalized spacial score (nSPS) is 15.3. The van der Waals surface area contributed by atoms with Gasteiger partial charge in [0.15, 0.2) is 0 Å². The van der Waals surface area contributed by atoms with Gasteiger partial charge in [-0.25, -0.2) is 4.79 Å². The zero-order valence-corrected chi connectivity index (χ0v) is 17.1. The topological polar surface area (TPSA) is 39.8 Å². The molecule has 1 aliphatic heterocycles. The molecule has 1 aromatic carbocycles. The largest absolute Gasteiger partial charge is 0.350 e. The summed E-state index contributed by atoms with van der Waals surface area (Å²) in [5.41, 5.74) is 2.33. The zero-order valence-electron chi connectivity index (χ0n) is 14.7. The first-order valence-electron chi connectivity index (χ1n) is 8.24. The zero-order chi connectivity index (χ0) is 18.4. The van der Waals surface area contributed by atoms with Crippen LogP contribution in [0, 0.1) is 6.92 Å². The average Bonchev–Trinajstić information content (AvgIpc) is 2.86. The summed E-state index contributed by atoms with van der Waals surface area (Å²) in [6.07, 6.45) is 8.94. The van der Waals surface area contributed by atoms with E-state index in [1.165, 1.54) is 4.68 Å². The summed E-state index contributed by atoms with van der Waals surface area (Å²) in [5, 5.41) is 5.15. The molecule has 0 N–H and O–H groups in total. The minimum atomic E-state index is -1.58. The highest BCUT2D eigenvalue weighted by molar-refractivity contribution is 7.78. The Labute approximate surface area is 158 Å². The first-order valence-corrected chi connectivity index (χ1v) is 11.9. The van der Waals surface area contributed by atoms with Crippen molar-refractivity contribution in [3.63, 3.8) is 0 Å². The average molecular weight is 398 g/mol. The molecule has 0 saturated heterocycles. The fourth-order valence-electron chi connectivity index (χ4n) is 2.88. The molecule has 0 amide bonds. The predicted molar refractivity (Wildman–Crippen MR) is 110 cm³/mol. The molecule has 4 nitrogen and oxygen atoms in total. The first-order chi connectivity index (χ1) is 11.7. The highest BCUT2D eigenvalue weighted by Gasteiger charge is 2.19. The van der Waals surface area contributed by atoms with Crippen molar-refractivity contribution in [1.29, 1.82) is 0 Å². The Morgan fingerprint density at radius 3 is 2.72 bits per heavy atom. The van der Waals surface area contributed by atoms with E-state index in [-0.39, 0.29) is 5.69 Å². The monoisotopic (exact) mass is 397 g/mol. The van der Waals surface area contributed by atoms with Crippen LogP contribution in [0.15, 0.2) is 21.7 Å². The van der Waals surface area contributed by atoms with Crippen LogP contribution in [0.1, 0.15) is 29.8 Å². The van der Waals surface area contributed by atoms with E-state index < -0.39 is 6.89 Å². The van der Waals surface area contributed by atoms with Crippen LogP contribution in [0.5, 0.6) is 0 Å². The van der Waals surface area contributed by atoms with Gasteiger partial charge in [0.2, 0.25) is 0 Å². The van der Waals surface area contributed by atoms with Gasteiger partial charge in [0, 0.05) is 22.8 Å². The van der Waals surface area contributed by atoms with E-state index in [1.807, 2.05) is 38.5 Å². The highest BCUT2D eigenvalue weighted by atomic mass is 35.5. The summed E-state index contributed by atoms with van der Waals surface area (Å²) in [5.74, 6) is 0.852. The standard InChI is InChI=1S/C18H22Cl2N3OP/c1-12-9-14(19)13(11-16(20)25(2,3)4)10-15(12)23-18(24)22-8-6-5-7-17(22)21-23/h9-11H,2,5-8H2,1,3-4H3. The van der Waals surface area contributed by atoms with E-state index >= 15 is 0 Å². The van der Waals surface area contributed by atoms with Gasteiger partial charge in [0.1, 0.15) is 5.82 Å². The van der Waals surface area contributed by atoms with Crippen molar-refractivity contribution >= 4 is 42.5 Å². The summed E-state index contributed by atoms with van der Waals surface area (Å²) in [6.45, 7) is 5.18. The number of rotatable bonds is 3. The van der Waals surface area contributed by atoms with Crippen molar-refractivity contribution in [3.8, 4) is 5.69 Å². The molecule has 0 atom stereocenters. The second-order valence-corrected chi connectivity index (χ2v) is 12.0. The van der Waals surface area contributed by atoms with E-state index in [0.29, 0.717) is 9.80 Å². The molecule has 0 aliphatic carbocycles. The molecule has 0 radical (unpaired) electrons. The van der Waals surface area contributed by atoms with Gasteiger partial charge in [-0.2, -0.15) is 4.68 Å². The predicted octanol–water partition coefficient (Wildman–Crippen LogP) is 4.58. The summed E-state index contributed by atoms with van der Waals surface area (Å²) in [4.78, 5) is 12.7. The summed E-state index contributed by atoms with van der Waals surface area (Å²) >= 11 is 12.8. The number of hydrogen-bond donors (Lipinski definition) is 0. The minimum absolute atomic E-state index is 0.0915. The SMILES string of the molecule is C=P(C)(C)C(Cl)=Cc1cc(-n2nc3n(c2=O)CCCC3)c(C)cc1Cl. The quantitative estimate of drug-likeness (QED) is 0.711. The summed E-state index contributed by atoms with van der Waals surface area (Å²) < 4.78 is 3.97. The van der Waals surface area contributed by atoms with Crippen molar-refractivity contribution in [2.24, 2.45) is 0 Å². The van der Waals surface area contributed by atoms with Crippen molar-refractivity contribution < 1.29 is 0 Å². The van der Waals surface area contributed by atoms with Crippen LogP contribution in [-0.4, -0.2) is 34.0 Å². The van der Waals surface area contributed by atoms with Crippen LogP contribution in [0.3, 0.4) is 0 Å². The van der Waals surface area contributed by atoms with Crippen LogP contribution >= 0.6 is 30.1 Å². The Balaban J connectivity index is 2.16. The summed E-state index contributed by atoms with van der Waals surface area (Å²) in [7, 11) is 0. The Bertz CT molecular complexity index is 965. The third-order valence-electron chi connectivity index (χ3n) is 4.37. The third kappa shape index (κ3) is 3.67. The lowest BCUT2D eigenvalue weighted by Gasteiger charge is -2.13. The van der Waals surface area contributed by atoms with Gasteiger partial charge < -0.3 is 0 Å². The van der Waals surface area contributed by atoms with Crippen molar-refractivity contribution in [3.05, 3.63) is 49.4 Å². The molecule has 134 valence electrons. The van der Waals surface area contributed by atoms with Crippen LogP contribution in [0.2, 0.25) is 5.02 Å². The maximum absolute atomic E-state index is 12.7. The van der Waals surface area contributed by atoms with Crippen molar-refractivity contribution in [1.82, 2.24) is 14.3 Å². The molecule has 3 rings (SSSR count). The molecule has 25 heavy (non-hydrogen) atoms. The Morgan fingerprint density at radius 1 is 1.36 bits per heavy atom. The maximum atomic E-state index is 12.7. The second kappa shape index (κ2) is 6.83. The smallest absolute Gasteiger partial charge is 0.279 e. The van der Waals surface area contributed by atoms with Gasteiger partial charge in [-0.05, 0) is 62.4 Å². The Kier molecular flexibility index (Phi) is 5.07. The molecule has 0 spiro atoms. The number of hydrogen-bond acceptors (Lipinski definition) is 2. The van der Waals surface area contributed by atoms with Gasteiger partial charge in [-0.3, -0.25) is 4.57 Å². The van der Waals surface area contributed by atoms with E-state index in [0.717, 1.165) is 48.4 Å². The molecule has 2 aromatic rings. The van der Waals surface area contributed by atoms with Crippen LogP contribution in [-0.2, 0) is 13.0 Å². The van der Waals surface area contributed by atoms with E-state index in [2.05, 4.69) is 11.4 Å². The number of fused-ring (bicyclic) bond motifs is 1. The lowest BCUT2D eigenvalue weighted by molar-refractivity contribution is 0.512. The van der Waals surface area contributed by atoms with Crippen LogP contribution in [0.4, 0.5) is 0 Å². The molecule has 0 saturated carbocycles. The molecular weight excluding hydrogens is 376 g/mol. The van der Waals surface area contributed by atoms with Crippen molar-refractivity contribution in [2.75, 3.05) is 13.3 Å². The molecule has 1 aromatic heterocycles. The molecular formula is C18H22Cl2N3OP. The molecule has 1 aliphatic rings. The second-order valence-electron chi connectivity index (χ2n) is 7.03. The number of aryl methyl sites for hydroxylation is 2. The Morgan fingerprint density at radius 2 is 2.08 bits per heavy atom. The number of benzene rings is 1. The van der Waals surface area contributed by atoms with Gasteiger partial charge in [0.25, 0.3) is 0 Å². The van der Waals surface area contributed by atoms with E-state index in [4.69, 9.17) is 23.2 Å². The molecule has 0 unspecified atom stereocenters. The fraction of sp³-hybridized carbons (Fsp3) is 0.389. The maximum Gasteiger partial charge on any atom is 0.350 e. The number of aromatic nitrogens is 3. The molecule has 2 heterocycles. The molecule has 0 bridgehead atoms. The third-order valence-corrected chi connectivity index (χ3v) is 7.46. The van der Waals surface area contributed by atoms with Crippen LogP contribution < -0.4 is 5.69 Å².